The highest BCUT2D eigenvalue weighted by molar-refractivity contribution is 7.96. The first-order valence-electron chi connectivity index (χ1n) is 3.36. The van der Waals surface area contributed by atoms with Crippen molar-refractivity contribution >= 4 is 18.0 Å². The van der Waals surface area contributed by atoms with Crippen LogP contribution in [0.5, 0.6) is 0 Å². The molecule has 15 heavy (non-hydrogen) atoms. The van der Waals surface area contributed by atoms with Crippen LogP contribution in [-0.4, -0.2) is 23.8 Å². The Labute approximate surface area is 85.3 Å². The summed E-state index contributed by atoms with van der Waals surface area (Å²) in [5.41, 5.74) is 0. The highest BCUT2D eigenvalue weighted by Crippen LogP contribution is 2.44. The summed E-state index contributed by atoms with van der Waals surface area (Å²) in [4.78, 5) is 10.6. The molecule has 0 aromatic rings. The maximum atomic E-state index is 13.1. The number of halogens is 4. The lowest BCUT2D eigenvalue weighted by molar-refractivity contribution is -0.777. The van der Waals surface area contributed by atoms with Crippen molar-refractivity contribution in [3.05, 3.63) is 0 Å². The second-order valence-corrected chi connectivity index (χ2v) is 2.90. The van der Waals surface area contributed by atoms with E-state index in [0.717, 1.165) is 0 Å². The standard InChI is InChI=1S/C5H6F4O5S/c1-2-12-3(10)4(6,5(7,8)9)15-14-13-11/h11H,2H2,1H3/p-1. The van der Waals surface area contributed by atoms with E-state index in [2.05, 4.69) is 14.1 Å². The van der Waals surface area contributed by atoms with Crippen molar-refractivity contribution in [2.75, 3.05) is 6.61 Å². The Hall–Kier alpha value is -0.580. The predicted molar refractivity (Wildman–Crippen MR) is 36.3 cm³/mol. The quantitative estimate of drug-likeness (QED) is 0.235. The van der Waals surface area contributed by atoms with Crippen molar-refractivity contribution in [3.8, 4) is 0 Å². The molecule has 0 rings (SSSR count). The smallest absolute Gasteiger partial charge is 0.446 e. The Balaban J connectivity index is 4.77. The molecule has 0 saturated heterocycles. The van der Waals surface area contributed by atoms with Gasteiger partial charge in [-0.2, -0.15) is 17.5 Å². The Bertz CT molecular complexity index is 222. The van der Waals surface area contributed by atoms with Crippen molar-refractivity contribution in [3.63, 3.8) is 0 Å². The Kier molecular flexibility index (Phi) is 5.28. The monoisotopic (exact) mass is 253 g/mol. The molecule has 0 heterocycles. The molecule has 0 aromatic carbocycles. The summed E-state index contributed by atoms with van der Waals surface area (Å²) in [6, 6.07) is 0. The largest absolute Gasteiger partial charge is 0.691 e. The molecule has 0 spiro atoms. The number of hydrogen-bond donors (Lipinski definition) is 0. The summed E-state index contributed by atoms with van der Waals surface area (Å²) in [5, 5.41) is 7.29. The van der Waals surface area contributed by atoms with Crippen LogP contribution < -0.4 is 5.26 Å². The van der Waals surface area contributed by atoms with Crippen molar-refractivity contribution in [2.24, 2.45) is 0 Å². The molecule has 5 nitrogen and oxygen atoms in total. The van der Waals surface area contributed by atoms with E-state index in [1.807, 2.05) is 0 Å². The van der Waals surface area contributed by atoms with E-state index in [-0.39, 0.29) is 0 Å². The van der Waals surface area contributed by atoms with Crippen molar-refractivity contribution < 1.29 is 41.7 Å². The third-order valence-electron chi connectivity index (χ3n) is 1.08. The molecule has 0 aromatic heterocycles. The lowest BCUT2D eigenvalue weighted by atomic mass is 10.4. The SMILES string of the molecule is CCOC(=O)C(F)(SOO[O-])C(F)(F)F. The summed E-state index contributed by atoms with van der Waals surface area (Å²) in [5.74, 6) is -2.22. The fourth-order valence-corrected chi connectivity index (χ4v) is 0.825. The Morgan fingerprint density at radius 3 is 2.27 bits per heavy atom. The van der Waals surface area contributed by atoms with Crippen LogP contribution in [0, 0.1) is 0 Å². The van der Waals surface area contributed by atoms with E-state index < -0.39 is 35.8 Å². The number of ether oxygens (including phenoxy) is 1. The minimum Gasteiger partial charge on any atom is -0.691 e. The predicted octanol–water partition coefficient (Wildman–Crippen LogP) is 0.649. The Morgan fingerprint density at radius 1 is 1.40 bits per heavy atom. The molecule has 0 bridgehead atoms. The van der Waals surface area contributed by atoms with Crippen LogP contribution >= 0.6 is 12.0 Å². The maximum Gasteiger partial charge on any atom is 0.446 e. The molecule has 0 aliphatic heterocycles. The van der Waals surface area contributed by atoms with Gasteiger partial charge >= 0.3 is 17.1 Å². The van der Waals surface area contributed by atoms with E-state index in [1.54, 1.807) is 0 Å². The van der Waals surface area contributed by atoms with Crippen LogP contribution in [-0.2, 0) is 18.9 Å². The van der Waals surface area contributed by atoms with Gasteiger partial charge in [-0.15, -0.1) is 0 Å². The van der Waals surface area contributed by atoms with Crippen molar-refractivity contribution in [2.45, 2.75) is 18.1 Å². The second kappa shape index (κ2) is 5.49. The van der Waals surface area contributed by atoms with Crippen LogP contribution in [0.4, 0.5) is 17.6 Å². The van der Waals surface area contributed by atoms with Crippen LogP contribution in [0.25, 0.3) is 0 Å². The van der Waals surface area contributed by atoms with Gasteiger partial charge in [0.15, 0.2) is 0 Å². The molecule has 0 fully saturated rings. The first-order valence-corrected chi connectivity index (χ1v) is 4.11. The molecule has 90 valence electrons. The molecule has 0 N–H and O–H groups in total. The third-order valence-corrected chi connectivity index (χ3v) is 1.83. The minimum absolute atomic E-state index is 0.459. The zero-order valence-electron chi connectivity index (χ0n) is 7.17. The molecular formula is C5H5F4O5S-. The lowest BCUT2D eigenvalue weighted by Crippen LogP contribution is -2.46. The number of alkyl halides is 4. The topological polar surface area (TPSA) is 67.8 Å². The summed E-state index contributed by atoms with van der Waals surface area (Å²) < 4.78 is 56.3. The van der Waals surface area contributed by atoms with Crippen LogP contribution in [0.15, 0.2) is 0 Å². The van der Waals surface area contributed by atoms with Crippen LogP contribution in [0.2, 0.25) is 0 Å². The second-order valence-electron chi connectivity index (χ2n) is 2.03. The van der Waals surface area contributed by atoms with E-state index in [0.29, 0.717) is 0 Å². The first kappa shape index (κ1) is 14.4. The van der Waals surface area contributed by atoms with Crippen LogP contribution in [0.1, 0.15) is 6.92 Å². The van der Waals surface area contributed by atoms with Gasteiger partial charge in [-0.25, -0.2) is 9.18 Å². The summed E-state index contributed by atoms with van der Waals surface area (Å²) in [6.45, 7) is 0.726. The number of rotatable bonds is 5. The van der Waals surface area contributed by atoms with Gasteiger partial charge in [0.2, 0.25) is 0 Å². The molecule has 0 amide bonds. The first-order chi connectivity index (χ1) is 6.79. The maximum absolute atomic E-state index is 13.1. The summed E-state index contributed by atoms with van der Waals surface area (Å²) in [6.07, 6.45) is -5.59. The van der Waals surface area contributed by atoms with Gasteiger partial charge in [-0.3, -0.25) is 5.04 Å². The zero-order chi connectivity index (χ0) is 12.1. The van der Waals surface area contributed by atoms with Crippen LogP contribution in [0.3, 0.4) is 0 Å². The van der Waals surface area contributed by atoms with E-state index in [9.17, 15) is 27.6 Å². The average Bonchev–Trinajstić information content (AvgIpc) is 2.12. The van der Waals surface area contributed by atoms with Gasteiger partial charge in [0.25, 0.3) is 0 Å². The third kappa shape index (κ3) is 3.48. The van der Waals surface area contributed by atoms with Gasteiger partial charge in [0, 0.05) is 0 Å². The molecule has 0 aliphatic carbocycles. The fourth-order valence-electron chi connectivity index (χ4n) is 0.482. The van der Waals surface area contributed by atoms with E-state index in [1.165, 1.54) is 6.92 Å². The number of hydrogen-bond acceptors (Lipinski definition) is 6. The lowest BCUT2D eigenvalue weighted by Gasteiger charge is -2.23. The van der Waals surface area contributed by atoms with E-state index in [4.69, 9.17) is 0 Å². The summed E-state index contributed by atoms with van der Waals surface area (Å²) >= 11 is -1.12. The molecule has 1 unspecified atom stereocenters. The van der Waals surface area contributed by atoms with E-state index >= 15 is 0 Å². The molecule has 10 heteroatoms. The molecule has 0 saturated carbocycles. The normalized spacial score (nSPS) is 15.9. The summed E-state index contributed by atoms with van der Waals surface area (Å²) in [7, 11) is 0. The highest BCUT2D eigenvalue weighted by atomic mass is 32.2. The minimum atomic E-state index is -5.59. The van der Waals surface area contributed by atoms with Crippen molar-refractivity contribution in [1.29, 1.82) is 0 Å². The van der Waals surface area contributed by atoms with Gasteiger partial charge in [0.1, 0.15) is 0 Å². The van der Waals surface area contributed by atoms with Gasteiger partial charge < -0.3 is 9.99 Å². The number of carbonyl (C=O) groups excluding carboxylic acids is 1. The van der Waals surface area contributed by atoms with Gasteiger partial charge in [-0.1, -0.05) is 0 Å². The number of carbonyl (C=O) groups is 1. The number of esters is 1. The van der Waals surface area contributed by atoms with Gasteiger partial charge in [0.05, 0.1) is 18.6 Å². The average molecular weight is 253 g/mol. The highest BCUT2D eigenvalue weighted by Gasteiger charge is 2.65. The zero-order valence-corrected chi connectivity index (χ0v) is 7.98. The molecule has 0 radical (unpaired) electrons. The van der Waals surface area contributed by atoms with Gasteiger partial charge in [-0.05, 0) is 6.92 Å². The van der Waals surface area contributed by atoms with Crippen molar-refractivity contribution in [1.82, 2.24) is 0 Å². The molecular weight excluding hydrogens is 248 g/mol. The molecule has 1 atom stereocenters. The molecule has 0 aliphatic rings. The Morgan fingerprint density at radius 2 is 1.93 bits per heavy atom. The fraction of sp³-hybridized carbons (Fsp3) is 0.800.